The zero-order chi connectivity index (χ0) is 47.0. The molecule has 2 fully saturated rings. The zero-order valence-electron chi connectivity index (χ0n) is 42.2. The molecule has 2 aliphatic rings. The number of nitrogens with zero attached hydrogens (tertiary/aromatic N) is 2. The van der Waals surface area contributed by atoms with Crippen LogP contribution in [0.1, 0.15) is 161 Å². The Balaban J connectivity index is 0.000000190. The number of aryl methyl sites for hydroxylation is 4. The van der Waals surface area contributed by atoms with Crippen LogP contribution in [0.5, 0.6) is 0 Å². The van der Waals surface area contributed by atoms with Gasteiger partial charge in [-0.05, 0) is 119 Å². The van der Waals surface area contributed by atoms with Gasteiger partial charge in [0.1, 0.15) is 5.76 Å². The molecular weight excluding hydrogens is 949 g/mol. The number of hydrogen-bond donors (Lipinski definition) is 1. The average molecular weight is 1020 g/mol. The molecule has 0 saturated heterocycles. The fraction of sp³-hybridized carbons (Fsp3) is 0.431. The second-order valence-corrected chi connectivity index (χ2v) is 18.3. The number of rotatable bonds is 11. The van der Waals surface area contributed by atoms with Crippen LogP contribution >= 0.6 is 0 Å². The third kappa shape index (κ3) is 12.4. The number of benzene rings is 4. The monoisotopic (exact) mass is 1020 g/mol. The summed E-state index contributed by atoms with van der Waals surface area (Å²) in [5.41, 5.74) is 10.5. The Morgan fingerprint density at radius 1 is 0.714 bits per heavy atom. The van der Waals surface area contributed by atoms with Gasteiger partial charge in [-0.2, -0.15) is 0 Å². The maximum absolute atomic E-state index is 11.9. The van der Waals surface area contributed by atoms with Gasteiger partial charge in [0.05, 0.1) is 4.11 Å². The van der Waals surface area contributed by atoms with Crippen LogP contribution in [0.3, 0.4) is 0 Å². The molecule has 2 aromatic heterocycles. The normalized spacial score (nSPS) is 15.3. The quantitative estimate of drug-likeness (QED) is 0.0798. The Bertz CT molecular complexity index is 2610. The SMILES string of the molecule is CCC(CC)C(=O)/C=C(\O)C(C)(CC)CC.[2H]c1cc2cc(C3CCCC3)ccc2c(-c2[c-]c(C)cc(C)c2)n1.[2H]c1nc(-c2[c-]c(C)cc(C)c2)c2ccc(C3CCCC3)cc2c1[2H].[Ir]. The molecule has 335 valence electrons. The van der Waals surface area contributed by atoms with Crippen LogP contribution in [0.4, 0.5) is 0 Å². The van der Waals surface area contributed by atoms with Crippen LogP contribution in [-0.4, -0.2) is 20.9 Å². The molecule has 6 aromatic rings. The van der Waals surface area contributed by atoms with E-state index in [-0.39, 0.29) is 55.2 Å². The number of hydrogen-bond acceptors (Lipinski definition) is 4. The minimum Gasteiger partial charge on any atom is -0.512 e. The Hall–Kier alpha value is -4.44. The van der Waals surface area contributed by atoms with Crippen LogP contribution in [0, 0.1) is 51.2 Å². The number of pyridine rings is 2. The van der Waals surface area contributed by atoms with Crippen LogP contribution in [0.2, 0.25) is 0 Å². The van der Waals surface area contributed by atoms with E-state index in [4.69, 9.17) is 4.11 Å². The summed E-state index contributed by atoms with van der Waals surface area (Å²) >= 11 is 0. The first-order valence-corrected chi connectivity index (χ1v) is 23.4. The largest absolute Gasteiger partial charge is 0.512 e. The Kier molecular flexibility index (Phi) is 16.4. The minimum absolute atomic E-state index is 0. The van der Waals surface area contributed by atoms with Gasteiger partial charge in [0.25, 0.3) is 0 Å². The van der Waals surface area contributed by atoms with Gasteiger partial charge in [-0.1, -0.05) is 124 Å². The zero-order valence-corrected chi connectivity index (χ0v) is 41.6. The van der Waals surface area contributed by atoms with E-state index in [0.717, 1.165) is 86.4 Å². The van der Waals surface area contributed by atoms with Crippen molar-refractivity contribution in [1.29, 1.82) is 0 Å². The molecule has 4 nitrogen and oxygen atoms in total. The van der Waals surface area contributed by atoms with Crippen molar-refractivity contribution >= 4 is 27.3 Å². The minimum atomic E-state index is -0.248. The first-order valence-electron chi connectivity index (χ1n) is 24.9. The molecule has 0 bridgehead atoms. The van der Waals surface area contributed by atoms with Crippen molar-refractivity contribution in [2.24, 2.45) is 11.3 Å². The van der Waals surface area contributed by atoms with Gasteiger partial charge in [-0.25, -0.2) is 0 Å². The molecule has 0 unspecified atom stereocenters. The first-order chi connectivity index (χ1) is 31.1. The fourth-order valence-corrected chi connectivity index (χ4v) is 9.43. The topological polar surface area (TPSA) is 63.1 Å². The summed E-state index contributed by atoms with van der Waals surface area (Å²) in [5.74, 6) is 1.65. The molecule has 1 radical (unpaired) electrons. The summed E-state index contributed by atoms with van der Waals surface area (Å²) in [5, 5.41) is 14.1. The van der Waals surface area contributed by atoms with Gasteiger partial charge in [-0.15, -0.1) is 69.8 Å². The van der Waals surface area contributed by atoms with Crippen molar-refractivity contribution in [3.05, 3.63) is 142 Å². The molecule has 2 saturated carbocycles. The molecule has 8 rings (SSSR count). The third-order valence-corrected chi connectivity index (χ3v) is 13.7. The van der Waals surface area contributed by atoms with E-state index in [1.807, 2.05) is 47.6 Å². The summed E-state index contributed by atoms with van der Waals surface area (Å²) < 4.78 is 24.6. The van der Waals surface area contributed by atoms with E-state index in [9.17, 15) is 9.90 Å². The Labute approximate surface area is 397 Å². The van der Waals surface area contributed by atoms with Crippen LogP contribution in [-0.2, 0) is 24.9 Å². The molecule has 0 spiro atoms. The maximum Gasteiger partial charge on any atom is 0.162 e. The molecule has 2 heterocycles. The van der Waals surface area contributed by atoms with Crippen molar-refractivity contribution in [3.8, 4) is 22.5 Å². The van der Waals surface area contributed by atoms with Crippen LogP contribution in [0.25, 0.3) is 44.1 Å². The number of fused-ring (bicyclic) bond motifs is 2. The smallest absolute Gasteiger partial charge is 0.162 e. The van der Waals surface area contributed by atoms with E-state index >= 15 is 0 Å². The standard InChI is InChI=1S/2C22H22N.C14H26O2.Ir/c2*1-15-11-16(2)13-20(12-15)22-21-8-7-18(17-5-3-4-6-17)14-19(21)9-10-23-22;1-6-11(7-2)12(15)10-13(16)14(5,8-3)9-4;/h2*7-12,14,17H,3-6H2,1-2H3;10-11,16H,6-9H2,1-5H3;/q2*-1;;/b;;13-10-;/i9D,10D;10D;;. The molecule has 0 atom stereocenters. The molecule has 0 aliphatic heterocycles. The van der Waals surface area contributed by atoms with E-state index in [2.05, 4.69) is 104 Å². The second-order valence-electron chi connectivity index (χ2n) is 18.3. The first kappa shape index (κ1) is 45.1. The molecule has 0 amide bonds. The molecule has 1 N–H and O–H groups in total. The van der Waals surface area contributed by atoms with E-state index < -0.39 is 0 Å². The van der Waals surface area contributed by atoms with E-state index in [1.165, 1.54) is 74.1 Å². The molecule has 2 aliphatic carbocycles. The summed E-state index contributed by atoms with van der Waals surface area (Å²) in [6.07, 6.45) is 15.5. The van der Waals surface area contributed by atoms with Crippen molar-refractivity contribution in [1.82, 2.24) is 9.97 Å². The predicted octanol–water partition coefficient (Wildman–Crippen LogP) is 16.2. The fourth-order valence-electron chi connectivity index (χ4n) is 9.43. The van der Waals surface area contributed by atoms with Crippen molar-refractivity contribution < 1.29 is 34.1 Å². The van der Waals surface area contributed by atoms with E-state index in [1.54, 1.807) is 0 Å². The average Bonchev–Trinajstić information content (AvgIpc) is 4.03. The van der Waals surface area contributed by atoms with Gasteiger partial charge >= 0.3 is 0 Å². The van der Waals surface area contributed by atoms with Gasteiger partial charge in [0, 0.05) is 49.9 Å². The van der Waals surface area contributed by atoms with Gasteiger partial charge < -0.3 is 15.1 Å². The number of carbonyl (C=O) groups excluding carboxylic acids is 1. The van der Waals surface area contributed by atoms with Gasteiger partial charge in [0.15, 0.2) is 5.78 Å². The molecule has 4 aromatic carbocycles. The number of aliphatic hydroxyl groups is 1. The number of carbonyl (C=O) groups is 1. The summed E-state index contributed by atoms with van der Waals surface area (Å²) in [6, 6.07) is 30.4. The number of allylic oxidation sites excluding steroid dienone is 2. The third-order valence-electron chi connectivity index (χ3n) is 13.7. The maximum atomic E-state index is 11.9. The van der Waals surface area contributed by atoms with Crippen molar-refractivity contribution in [2.45, 2.75) is 151 Å². The molecular formula is C58H70IrN2O2-2. The summed E-state index contributed by atoms with van der Waals surface area (Å²) in [6.45, 7) is 18.3. The number of ketones is 1. The van der Waals surface area contributed by atoms with Crippen molar-refractivity contribution in [2.75, 3.05) is 0 Å². The molecule has 5 heteroatoms. The number of aromatic nitrogens is 2. The van der Waals surface area contributed by atoms with Crippen molar-refractivity contribution in [3.63, 3.8) is 0 Å². The van der Waals surface area contributed by atoms with E-state index in [0.29, 0.717) is 18.0 Å². The Morgan fingerprint density at radius 2 is 1.17 bits per heavy atom. The van der Waals surface area contributed by atoms with Gasteiger partial charge in [-0.3, -0.25) is 4.79 Å². The summed E-state index contributed by atoms with van der Waals surface area (Å²) in [7, 11) is 0. The summed E-state index contributed by atoms with van der Waals surface area (Å²) in [4.78, 5) is 20.8. The Morgan fingerprint density at radius 3 is 1.63 bits per heavy atom. The van der Waals surface area contributed by atoms with Crippen LogP contribution in [0.15, 0.2) is 97.0 Å². The molecule has 63 heavy (non-hydrogen) atoms. The predicted molar refractivity (Wildman–Crippen MR) is 262 cm³/mol. The number of aliphatic hydroxyl groups excluding tert-OH is 1. The van der Waals surface area contributed by atoms with Crippen LogP contribution < -0.4 is 0 Å². The van der Waals surface area contributed by atoms with Gasteiger partial charge in [0.2, 0.25) is 0 Å². The second kappa shape index (κ2) is 23.0.